The van der Waals surface area contributed by atoms with Crippen molar-refractivity contribution in [1.82, 2.24) is 5.06 Å². The second kappa shape index (κ2) is 6.20. The summed E-state index contributed by atoms with van der Waals surface area (Å²) in [5.74, 6) is 0. The van der Waals surface area contributed by atoms with Gasteiger partial charge in [-0.25, -0.2) is 0 Å². The molecule has 0 spiro atoms. The van der Waals surface area contributed by atoms with Crippen LogP contribution < -0.4 is 0 Å². The second-order valence-electron chi connectivity index (χ2n) is 7.08. The van der Waals surface area contributed by atoms with Gasteiger partial charge in [-0.15, -0.1) is 10.3 Å². The number of benzene rings is 3. The molecule has 0 saturated heterocycles. The second-order valence-corrected chi connectivity index (χ2v) is 7.08. The van der Waals surface area contributed by atoms with Gasteiger partial charge in [0.25, 0.3) is 0 Å². The Morgan fingerprint density at radius 2 is 1.12 bits per heavy atom. The highest BCUT2D eigenvalue weighted by molar-refractivity contribution is 6.08. The fraction of sp³-hybridized carbons (Fsp3) is 0.174. The molecule has 129 valence electrons. The standard InChI is InChI=1S/C23H21N2O/c1-22(2)21(18-12-6-3-7-13-18)24-23(25(22)26,19-14-8-4-9-15-19)20-16-10-5-11-17-20/h3-17H,1-2H3. The third-order valence-corrected chi connectivity index (χ3v) is 5.05. The van der Waals surface area contributed by atoms with E-state index in [1.54, 1.807) is 0 Å². The van der Waals surface area contributed by atoms with Gasteiger partial charge in [0.1, 0.15) is 0 Å². The molecule has 0 saturated carbocycles. The lowest BCUT2D eigenvalue weighted by Crippen LogP contribution is -2.50. The monoisotopic (exact) mass is 341 g/mol. The van der Waals surface area contributed by atoms with E-state index in [0.717, 1.165) is 27.5 Å². The zero-order valence-corrected chi connectivity index (χ0v) is 15.0. The van der Waals surface area contributed by atoms with Gasteiger partial charge < -0.3 is 0 Å². The Balaban J connectivity index is 2.02. The molecular formula is C23H21N2O. The SMILES string of the molecule is CC1(C)C(c2ccccc2)=NC(c2ccccc2)(c2ccccc2)N1[O]. The van der Waals surface area contributed by atoms with Crippen LogP contribution in [0.1, 0.15) is 30.5 Å². The summed E-state index contributed by atoms with van der Waals surface area (Å²) in [7, 11) is 0. The summed E-state index contributed by atoms with van der Waals surface area (Å²) in [6, 6.07) is 29.6. The summed E-state index contributed by atoms with van der Waals surface area (Å²) in [4.78, 5) is 5.09. The topological polar surface area (TPSA) is 35.5 Å². The molecule has 0 bridgehead atoms. The average molecular weight is 341 g/mol. The van der Waals surface area contributed by atoms with E-state index < -0.39 is 11.2 Å². The molecule has 3 heteroatoms. The van der Waals surface area contributed by atoms with Gasteiger partial charge in [-0.05, 0) is 19.4 Å². The van der Waals surface area contributed by atoms with Crippen molar-refractivity contribution in [2.45, 2.75) is 25.0 Å². The van der Waals surface area contributed by atoms with E-state index in [4.69, 9.17) is 4.99 Å². The first-order chi connectivity index (χ1) is 12.6. The molecule has 0 unspecified atom stereocenters. The van der Waals surface area contributed by atoms with Crippen molar-refractivity contribution < 1.29 is 5.21 Å². The smallest absolute Gasteiger partial charge is 0.190 e. The molecule has 0 amide bonds. The van der Waals surface area contributed by atoms with Gasteiger partial charge in [0.05, 0.1) is 11.3 Å². The first-order valence-corrected chi connectivity index (χ1v) is 8.81. The normalized spacial score (nSPS) is 18.5. The Hall–Kier alpha value is -2.75. The molecule has 0 aromatic heterocycles. The lowest BCUT2D eigenvalue weighted by molar-refractivity contribution is -0.243. The molecule has 3 aromatic rings. The maximum Gasteiger partial charge on any atom is 0.190 e. The number of aliphatic imine (C=N–C) groups is 1. The van der Waals surface area contributed by atoms with E-state index >= 15 is 0 Å². The van der Waals surface area contributed by atoms with Crippen LogP contribution >= 0.6 is 0 Å². The van der Waals surface area contributed by atoms with E-state index in [1.165, 1.54) is 0 Å². The minimum Gasteiger partial charge on any atom is -0.253 e. The lowest BCUT2D eigenvalue weighted by atomic mass is 9.89. The van der Waals surface area contributed by atoms with Crippen molar-refractivity contribution >= 4 is 5.71 Å². The molecule has 3 aromatic carbocycles. The third kappa shape index (κ3) is 2.40. The fourth-order valence-electron chi connectivity index (χ4n) is 3.73. The van der Waals surface area contributed by atoms with E-state index in [0.29, 0.717) is 0 Å². The number of hydrogen-bond donors (Lipinski definition) is 0. The van der Waals surface area contributed by atoms with Crippen molar-refractivity contribution in [3.63, 3.8) is 0 Å². The molecule has 1 heterocycles. The number of hydrogen-bond acceptors (Lipinski definition) is 2. The Bertz CT molecular complexity index is 879. The van der Waals surface area contributed by atoms with Crippen LogP contribution in [0.15, 0.2) is 96.0 Å². The minimum absolute atomic E-state index is 0.757. The Morgan fingerprint density at radius 1 is 0.692 bits per heavy atom. The van der Waals surface area contributed by atoms with Crippen molar-refractivity contribution in [3.05, 3.63) is 108 Å². The predicted molar refractivity (Wildman–Crippen MR) is 103 cm³/mol. The van der Waals surface area contributed by atoms with Gasteiger partial charge in [-0.3, -0.25) is 4.99 Å². The largest absolute Gasteiger partial charge is 0.253 e. The minimum atomic E-state index is -1.09. The van der Waals surface area contributed by atoms with Crippen molar-refractivity contribution in [2.24, 2.45) is 4.99 Å². The van der Waals surface area contributed by atoms with Crippen LogP contribution in [-0.2, 0) is 10.9 Å². The highest BCUT2D eigenvalue weighted by Gasteiger charge is 2.55. The zero-order valence-electron chi connectivity index (χ0n) is 15.0. The van der Waals surface area contributed by atoms with Gasteiger partial charge in [0, 0.05) is 11.1 Å². The summed E-state index contributed by atoms with van der Waals surface area (Å²) in [5, 5.41) is 14.9. The molecule has 3 nitrogen and oxygen atoms in total. The van der Waals surface area contributed by atoms with Crippen molar-refractivity contribution in [2.75, 3.05) is 0 Å². The molecule has 1 radical (unpaired) electrons. The predicted octanol–water partition coefficient (Wildman–Crippen LogP) is 4.82. The molecule has 1 aliphatic heterocycles. The number of nitrogens with zero attached hydrogens (tertiary/aromatic N) is 2. The molecule has 0 aliphatic carbocycles. The summed E-state index contributed by atoms with van der Waals surface area (Å²) >= 11 is 0. The molecule has 0 fully saturated rings. The van der Waals surface area contributed by atoms with Crippen LogP contribution in [0.3, 0.4) is 0 Å². The van der Waals surface area contributed by atoms with Gasteiger partial charge >= 0.3 is 0 Å². The summed E-state index contributed by atoms with van der Waals surface area (Å²) < 4.78 is 0. The van der Waals surface area contributed by atoms with E-state index in [-0.39, 0.29) is 0 Å². The third-order valence-electron chi connectivity index (χ3n) is 5.05. The summed E-state index contributed by atoms with van der Waals surface area (Å²) in [5.41, 5.74) is 1.69. The molecule has 26 heavy (non-hydrogen) atoms. The Morgan fingerprint density at radius 3 is 1.58 bits per heavy atom. The molecule has 1 aliphatic rings. The van der Waals surface area contributed by atoms with Crippen LogP contribution in [0, 0.1) is 0 Å². The molecule has 0 atom stereocenters. The summed E-state index contributed by atoms with van der Waals surface area (Å²) in [6.07, 6.45) is 0. The van der Waals surface area contributed by atoms with Crippen LogP contribution in [0.2, 0.25) is 0 Å². The van der Waals surface area contributed by atoms with E-state index in [9.17, 15) is 5.21 Å². The van der Waals surface area contributed by atoms with Crippen molar-refractivity contribution in [3.8, 4) is 0 Å². The van der Waals surface area contributed by atoms with Crippen molar-refractivity contribution in [1.29, 1.82) is 0 Å². The van der Waals surface area contributed by atoms with Crippen LogP contribution in [0.4, 0.5) is 0 Å². The van der Waals surface area contributed by atoms with E-state index in [2.05, 4.69) is 0 Å². The van der Waals surface area contributed by atoms with E-state index in [1.807, 2.05) is 105 Å². The quantitative estimate of drug-likeness (QED) is 0.673. The number of rotatable bonds is 3. The number of hydroxylamine groups is 2. The van der Waals surface area contributed by atoms with Crippen LogP contribution in [0.5, 0.6) is 0 Å². The Kier molecular flexibility index (Phi) is 3.98. The average Bonchev–Trinajstić information content (AvgIpc) is 2.91. The van der Waals surface area contributed by atoms with Crippen LogP contribution in [0.25, 0.3) is 0 Å². The first kappa shape index (κ1) is 16.7. The Labute approximate surface area is 154 Å². The maximum absolute atomic E-state index is 13.7. The van der Waals surface area contributed by atoms with Gasteiger partial charge in [0.15, 0.2) is 5.66 Å². The maximum atomic E-state index is 13.7. The summed E-state index contributed by atoms with van der Waals surface area (Å²) in [6.45, 7) is 3.89. The molecule has 4 rings (SSSR count). The highest BCUT2D eigenvalue weighted by Crippen LogP contribution is 2.47. The highest BCUT2D eigenvalue weighted by atomic mass is 16.5. The molecule has 0 N–H and O–H groups in total. The zero-order chi connectivity index (χ0) is 18.2. The lowest BCUT2D eigenvalue weighted by Gasteiger charge is -2.37. The van der Waals surface area contributed by atoms with Gasteiger partial charge in [0.2, 0.25) is 0 Å². The van der Waals surface area contributed by atoms with Crippen LogP contribution in [-0.4, -0.2) is 16.3 Å². The fourth-order valence-corrected chi connectivity index (χ4v) is 3.73. The van der Waals surface area contributed by atoms with Gasteiger partial charge in [-0.1, -0.05) is 91.0 Å². The molecular weight excluding hydrogens is 320 g/mol. The van der Waals surface area contributed by atoms with Gasteiger partial charge in [-0.2, -0.15) is 0 Å². The first-order valence-electron chi connectivity index (χ1n) is 8.81.